The van der Waals surface area contributed by atoms with Gasteiger partial charge in [0.1, 0.15) is 11.6 Å². The Labute approximate surface area is 113 Å². The van der Waals surface area contributed by atoms with Gasteiger partial charge in [-0.1, -0.05) is 12.1 Å². The van der Waals surface area contributed by atoms with E-state index in [1.54, 1.807) is 6.20 Å². The van der Waals surface area contributed by atoms with Crippen LogP contribution in [-0.2, 0) is 13.0 Å². The second-order valence-corrected chi connectivity index (χ2v) is 4.35. The Hall–Kier alpha value is -1.81. The fraction of sp³-hybridized carbons (Fsp3) is 0.400. The molecule has 4 heteroatoms. The number of aryl methyl sites for hydroxylation is 1. The van der Waals surface area contributed by atoms with Crippen molar-refractivity contribution in [3.63, 3.8) is 0 Å². The van der Waals surface area contributed by atoms with Crippen LogP contribution < -0.4 is 4.74 Å². The molecule has 1 aromatic carbocycles. The van der Waals surface area contributed by atoms with Crippen molar-refractivity contribution in [3.8, 4) is 5.75 Å². The highest BCUT2D eigenvalue weighted by Crippen LogP contribution is 2.22. The van der Waals surface area contributed by atoms with Crippen LogP contribution in [-0.4, -0.2) is 21.3 Å². The molecule has 0 saturated heterocycles. The lowest BCUT2D eigenvalue weighted by Gasteiger charge is -2.13. The van der Waals surface area contributed by atoms with Crippen molar-refractivity contribution in [3.05, 3.63) is 48.0 Å². The van der Waals surface area contributed by atoms with Gasteiger partial charge in [-0.25, -0.2) is 4.98 Å². The molecule has 1 heterocycles. The number of hydrogen-bond acceptors (Lipinski definition) is 3. The van der Waals surface area contributed by atoms with Crippen LogP contribution in [0.2, 0.25) is 0 Å². The Kier molecular flexibility index (Phi) is 4.58. The molecule has 0 aliphatic rings. The van der Waals surface area contributed by atoms with Crippen molar-refractivity contribution in [2.45, 2.75) is 32.9 Å². The van der Waals surface area contributed by atoms with Crippen molar-refractivity contribution >= 4 is 0 Å². The molecule has 2 rings (SSSR count). The molecule has 0 fully saturated rings. The second kappa shape index (κ2) is 6.38. The van der Waals surface area contributed by atoms with E-state index < -0.39 is 6.10 Å². The van der Waals surface area contributed by atoms with E-state index in [-0.39, 0.29) is 0 Å². The zero-order valence-corrected chi connectivity index (χ0v) is 11.4. The van der Waals surface area contributed by atoms with Gasteiger partial charge in [0, 0.05) is 25.4 Å². The number of hydrogen-bond donors (Lipinski definition) is 1. The van der Waals surface area contributed by atoms with E-state index in [1.807, 2.05) is 42.0 Å². The maximum Gasteiger partial charge on any atom is 0.119 e. The molecule has 1 unspecified atom stereocenters. The highest BCUT2D eigenvalue weighted by molar-refractivity contribution is 5.30. The lowest BCUT2D eigenvalue weighted by Crippen LogP contribution is -2.08. The molecule has 1 atom stereocenters. The van der Waals surface area contributed by atoms with Gasteiger partial charge in [0.2, 0.25) is 0 Å². The topological polar surface area (TPSA) is 47.3 Å². The SMILES string of the molecule is CCOc1cccc(C(O)Cc2nccn2CC)c1. The predicted octanol–water partition coefficient (Wildman–Crippen LogP) is 2.58. The molecular weight excluding hydrogens is 240 g/mol. The monoisotopic (exact) mass is 260 g/mol. The Morgan fingerprint density at radius 3 is 2.95 bits per heavy atom. The number of imidazole rings is 1. The summed E-state index contributed by atoms with van der Waals surface area (Å²) < 4.78 is 7.48. The molecule has 0 aliphatic carbocycles. The van der Waals surface area contributed by atoms with Crippen molar-refractivity contribution in [2.24, 2.45) is 0 Å². The van der Waals surface area contributed by atoms with E-state index in [4.69, 9.17) is 4.74 Å². The van der Waals surface area contributed by atoms with Crippen LogP contribution in [0.15, 0.2) is 36.7 Å². The molecule has 1 N–H and O–H groups in total. The largest absolute Gasteiger partial charge is 0.494 e. The number of rotatable bonds is 6. The van der Waals surface area contributed by atoms with Crippen LogP contribution in [0.4, 0.5) is 0 Å². The first-order valence-corrected chi connectivity index (χ1v) is 6.65. The summed E-state index contributed by atoms with van der Waals surface area (Å²) in [4.78, 5) is 4.28. The number of aromatic nitrogens is 2. The molecule has 102 valence electrons. The molecule has 0 amide bonds. The van der Waals surface area contributed by atoms with Crippen LogP contribution >= 0.6 is 0 Å². The van der Waals surface area contributed by atoms with E-state index in [0.717, 1.165) is 23.7 Å². The summed E-state index contributed by atoms with van der Waals surface area (Å²) >= 11 is 0. The summed E-state index contributed by atoms with van der Waals surface area (Å²) in [7, 11) is 0. The molecular formula is C15H20N2O2. The third-order valence-electron chi connectivity index (χ3n) is 3.07. The molecule has 4 nitrogen and oxygen atoms in total. The molecule has 1 aromatic heterocycles. The Balaban J connectivity index is 2.11. The van der Waals surface area contributed by atoms with Crippen LogP contribution in [0, 0.1) is 0 Å². The van der Waals surface area contributed by atoms with E-state index in [2.05, 4.69) is 11.9 Å². The minimum Gasteiger partial charge on any atom is -0.494 e. The predicted molar refractivity (Wildman–Crippen MR) is 74.2 cm³/mol. The maximum atomic E-state index is 10.3. The van der Waals surface area contributed by atoms with Gasteiger partial charge in [-0.05, 0) is 31.5 Å². The van der Waals surface area contributed by atoms with E-state index in [0.29, 0.717) is 13.0 Å². The Morgan fingerprint density at radius 1 is 1.37 bits per heavy atom. The van der Waals surface area contributed by atoms with Crippen LogP contribution in [0.3, 0.4) is 0 Å². The van der Waals surface area contributed by atoms with Gasteiger partial charge in [0.15, 0.2) is 0 Å². The van der Waals surface area contributed by atoms with Gasteiger partial charge in [0.25, 0.3) is 0 Å². The minimum absolute atomic E-state index is 0.510. The maximum absolute atomic E-state index is 10.3. The molecule has 19 heavy (non-hydrogen) atoms. The first-order valence-electron chi connectivity index (χ1n) is 6.65. The summed E-state index contributed by atoms with van der Waals surface area (Å²) in [5.74, 6) is 1.69. The third kappa shape index (κ3) is 3.35. The van der Waals surface area contributed by atoms with Crippen molar-refractivity contribution in [1.29, 1.82) is 0 Å². The van der Waals surface area contributed by atoms with E-state index in [1.165, 1.54) is 0 Å². The van der Waals surface area contributed by atoms with Crippen LogP contribution in [0.25, 0.3) is 0 Å². The molecule has 0 saturated carbocycles. The van der Waals surface area contributed by atoms with Gasteiger partial charge in [-0.2, -0.15) is 0 Å². The smallest absolute Gasteiger partial charge is 0.119 e. The van der Waals surface area contributed by atoms with Crippen molar-refractivity contribution in [1.82, 2.24) is 9.55 Å². The number of nitrogens with zero attached hydrogens (tertiary/aromatic N) is 2. The van der Waals surface area contributed by atoms with Gasteiger partial charge < -0.3 is 14.4 Å². The molecule has 0 aliphatic heterocycles. The summed E-state index contributed by atoms with van der Waals surface area (Å²) in [5.41, 5.74) is 0.858. The highest BCUT2D eigenvalue weighted by Gasteiger charge is 2.12. The lowest BCUT2D eigenvalue weighted by molar-refractivity contribution is 0.174. The van der Waals surface area contributed by atoms with Crippen LogP contribution in [0.1, 0.15) is 31.3 Å². The zero-order chi connectivity index (χ0) is 13.7. The van der Waals surface area contributed by atoms with Gasteiger partial charge in [-0.3, -0.25) is 0 Å². The molecule has 0 spiro atoms. The average Bonchev–Trinajstić information content (AvgIpc) is 2.86. The minimum atomic E-state index is -0.562. The lowest BCUT2D eigenvalue weighted by atomic mass is 10.1. The average molecular weight is 260 g/mol. The summed E-state index contributed by atoms with van der Waals surface area (Å²) in [6.07, 6.45) is 3.64. The summed E-state index contributed by atoms with van der Waals surface area (Å²) in [6.45, 7) is 5.50. The highest BCUT2D eigenvalue weighted by atomic mass is 16.5. The van der Waals surface area contributed by atoms with E-state index in [9.17, 15) is 5.11 Å². The van der Waals surface area contributed by atoms with Gasteiger partial charge in [-0.15, -0.1) is 0 Å². The number of ether oxygens (including phenoxy) is 1. The van der Waals surface area contributed by atoms with E-state index >= 15 is 0 Å². The second-order valence-electron chi connectivity index (χ2n) is 4.35. The summed E-state index contributed by atoms with van der Waals surface area (Å²) in [6, 6.07) is 7.59. The van der Waals surface area contributed by atoms with Crippen molar-refractivity contribution in [2.75, 3.05) is 6.61 Å². The quantitative estimate of drug-likeness (QED) is 0.868. The van der Waals surface area contributed by atoms with Crippen LogP contribution in [0.5, 0.6) is 5.75 Å². The molecule has 2 aromatic rings. The van der Waals surface area contributed by atoms with Gasteiger partial charge in [0.05, 0.1) is 12.7 Å². The standard InChI is InChI=1S/C15H20N2O2/c1-3-17-9-8-16-15(17)11-14(18)12-6-5-7-13(10-12)19-4-2/h5-10,14,18H,3-4,11H2,1-2H3. The molecule has 0 bridgehead atoms. The number of aliphatic hydroxyl groups is 1. The normalized spacial score (nSPS) is 12.4. The Morgan fingerprint density at radius 2 is 2.21 bits per heavy atom. The zero-order valence-electron chi connectivity index (χ0n) is 11.4. The van der Waals surface area contributed by atoms with Gasteiger partial charge >= 0.3 is 0 Å². The van der Waals surface area contributed by atoms with Crippen molar-refractivity contribution < 1.29 is 9.84 Å². The fourth-order valence-corrected chi connectivity index (χ4v) is 2.09. The fourth-order valence-electron chi connectivity index (χ4n) is 2.09. The molecule has 0 radical (unpaired) electrons. The number of benzene rings is 1. The Bertz CT molecular complexity index is 522. The third-order valence-corrected chi connectivity index (χ3v) is 3.07. The first kappa shape index (κ1) is 13.6. The summed E-state index contributed by atoms with van der Waals surface area (Å²) in [5, 5.41) is 10.3. The first-order chi connectivity index (χ1) is 9.24. The number of aliphatic hydroxyl groups excluding tert-OH is 1.